The molecule has 9 nitrogen and oxygen atoms in total. The Morgan fingerprint density at radius 2 is 2.07 bits per heavy atom. The number of thiophene rings is 1. The number of morpholine rings is 1. The van der Waals surface area contributed by atoms with Crippen LogP contribution in [-0.2, 0) is 24.3 Å². The van der Waals surface area contributed by atoms with Crippen molar-refractivity contribution in [2.75, 3.05) is 32.8 Å². The van der Waals surface area contributed by atoms with E-state index in [4.69, 9.17) is 16.3 Å². The second-order valence-electron chi connectivity index (χ2n) is 7.19. The number of rotatable bonds is 5. The number of carbonyl (C=O) groups excluding carboxylic acids is 2. The van der Waals surface area contributed by atoms with E-state index in [-0.39, 0.29) is 15.3 Å². The van der Waals surface area contributed by atoms with Gasteiger partial charge in [0.1, 0.15) is 21.4 Å². The predicted octanol–water partition coefficient (Wildman–Crippen LogP) is 1.08. The normalized spacial score (nSPS) is 21.4. The summed E-state index contributed by atoms with van der Waals surface area (Å²) in [5, 5.41) is 0.276. The SMILES string of the molecule is C[C@@H](C(=O)N1CCOCC1)N1CC[C@H](NS(=O)(=O)c2cc3nc(Cl)ccc3s2)C1=O. The largest absolute Gasteiger partial charge is 0.378 e. The molecule has 30 heavy (non-hydrogen) atoms. The summed E-state index contributed by atoms with van der Waals surface area (Å²) in [6, 6.07) is 3.18. The molecule has 2 aliphatic heterocycles. The Morgan fingerprint density at radius 3 is 2.80 bits per heavy atom. The Labute approximate surface area is 183 Å². The maximum absolute atomic E-state index is 12.8. The van der Waals surface area contributed by atoms with Gasteiger partial charge >= 0.3 is 0 Å². The van der Waals surface area contributed by atoms with E-state index in [1.807, 2.05) is 0 Å². The molecule has 2 aliphatic rings. The smallest absolute Gasteiger partial charge is 0.250 e. The van der Waals surface area contributed by atoms with Crippen LogP contribution in [0.1, 0.15) is 13.3 Å². The van der Waals surface area contributed by atoms with Crippen molar-refractivity contribution in [3.05, 3.63) is 23.4 Å². The van der Waals surface area contributed by atoms with E-state index in [1.165, 1.54) is 11.0 Å². The highest BCUT2D eigenvalue weighted by Gasteiger charge is 2.40. The van der Waals surface area contributed by atoms with Crippen LogP contribution in [0.15, 0.2) is 22.4 Å². The lowest BCUT2D eigenvalue weighted by Crippen LogP contribution is -2.52. The highest BCUT2D eigenvalue weighted by Crippen LogP contribution is 2.29. The van der Waals surface area contributed by atoms with Crippen molar-refractivity contribution in [2.45, 2.75) is 29.6 Å². The topological polar surface area (TPSA) is 109 Å². The standard InChI is InChI=1S/C18H21ClN4O5S2/c1-11(17(24)22-6-8-28-9-7-22)23-5-4-12(18(23)25)21-30(26,27)16-10-13-14(29-16)2-3-15(19)20-13/h2-3,10-12,21H,4-9H2,1H3/t11-,12-/m0/s1. The van der Waals surface area contributed by atoms with Crippen LogP contribution in [0.4, 0.5) is 0 Å². The number of halogens is 1. The van der Waals surface area contributed by atoms with Crippen LogP contribution < -0.4 is 4.72 Å². The maximum atomic E-state index is 12.8. The quantitative estimate of drug-likeness (QED) is 0.652. The van der Waals surface area contributed by atoms with Gasteiger partial charge in [0.2, 0.25) is 11.8 Å². The Bertz CT molecular complexity index is 1080. The number of hydrogen-bond donors (Lipinski definition) is 1. The Hall–Kier alpha value is -1.79. The number of ether oxygens (including phenoxy) is 1. The second-order valence-corrected chi connectivity index (χ2v) is 10.6. The van der Waals surface area contributed by atoms with E-state index < -0.39 is 28.0 Å². The number of pyridine rings is 1. The molecule has 0 radical (unpaired) electrons. The van der Waals surface area contributed by atoms with Crippen LogP contribution in [0.3, 0.4) is 0 Å². The van der Waals surface area contributed by atoms with Gasteiger partial charge in [-0.25, -0.2) is 13.4 Å². The Balaban J connectivity index is 1.45. The third kappa shape index (κ3) is 4.17. The van der Waals surface area contributed by atoms with E-state index in [2.05, 4.69) is 9.71 Å². The zero-order chi connectivity index (χ0) is 21.5. The first-order valence-electron chi connectivity index (χ1n) is 9.52. The maximum Gasteiger partial charge on any atom is 0.250 e. The Morgan fingerprint density at radius 1 is 1.33 bits per heavy atom. The zero-order valence-electron chi connectivity index (χ0n) is 16.2. The number of likely N-dealkylation sites (tertiary alicyclic amines) is 1. The highest BCUT2D eigenvalue weighted by molar-refractivity contribution is 7.91. The van der Waals surface area contributed by atoms with Gasteiger partial charge in [-0.2, -0.15) is 4.72 Å². The molecule has 2 saturated heterocycles. The van der Waals surface area contributed by atoms with Crippen LogP contribution in [0.25, 0.3) is 10.2 Å². The van der Waals surface area contributed by atoms with Gasteiger partial charge in [0.15, 0.2) is 0 Å². The summed E-state index contributed by atoms with van der Waals surface area (Å²) in [6.07, 6.45) is 0.299. The molecule has 4 heterocycles. The number of nitrogens with zero attached hydrogens (tertiary/aromatic N) is 3. The van der Waals surface area contributed by atoms with Crippen LogP contribution in [0.5, 0.6) is 0 Å². The third-order valence-electron chi connectivity index (χ3n) is 5.27. The number of sulfonamides is 1. The van der Waals surface area contributed by atoms with E-state index >= 15 is 0 Å². The van der Waals surface area contributed by atoms with Gasteiger partial charge in [0.25, 0.3) is 10.0 Å². The molecule has 0 bridgehead atoms. The number of carbonyl (C=O) groups is 2. The van der Waals surface area contributed by atoms with Crippen molar-refractivity contribution >= 4 is 55.0 Å². The third-order valence-corrected chi connectivity index (χ3v) is 8.51. The fraction of sp³-hybridized carbons (Fsp3) is 0.500. The molecule has 12 heteroatoms. The van der Waals surface area contributed by atoms with Crippen molar-refractivity contribution in [2.24, 2.45) is 0 Å². The van der Waals surface area contributed by atoms with Crippen molar-refractivity contribution < 1.29 is 22.7 Å². The van der Waals surface area contributed by atoms with Gasteiger partial charge in [0, 0.05) is 19.6 Å². The molecule has 2 atom stereocenters. The molecule has 4 rings (SSSR count). The number of hydrogen-bond acceptors (Lipinski definition) is 7. The van der Waals surface area contributed by atoms with Gasteiger partial charge in [-0.05, 0) is 31.5 Å². The minimum Gasteiger partial charge on any atom is -0.378 e. The van der Waals surface area contributed by atoms with E-state index in [0.29, 0.717) is 49.5 Å². The summed E-state index contributed by atoms with van der Waals surface area (Å²) < 4.78 is 34.1. The van der Waals surface area contributed by atoms with Crippen molar-refractivity contribution in [3.63, 3.8) is 0 Å². The van der Waals surface area contributed by atoms with Crippen LogP contribution in [0.2, 0.25) is 5.15 Å². The molecule has 1 N–H and O–H groups in total. The zero-order valence-corrected chi connectivity index (χ0v) is 18.6. The Kier molecular flexibility index (Phi) is 5.99. The molecular formula is C18H21ClN4O5S2. The van der Waals surface area contributed by atoms with Crippen LogP contribution in [-0.4, -0.2) is 79.9 Å². The van der Waals surface area contributed by atoms with Gasteiger partial charge in [-0.1, -0.05) is 11.6 Å². The molecule has 0 unspecified atom stereocenters. The lowest BCUT2D eigenvalue weighted by molar-refractivity contribution is -0.146. The minimum absolute atomic E-state index is 0.0657. The molecular weight excluding hydrogens is 452 g/mol. The molecule has 2 fully saturated rings. The van der Waals surface area contributed by atoms with E-state index in [1.54, 1.807) is 24.0 Å². The molecule has 0 aliphatic carbocycles. The van der Waals surface area contributed by atoms with Gasteiger partial charge in [-0.3, -0.25) is 9.59 Å². The van der Waals surface area contributed by atoms with Crippen LogP contribution in [0, 0.1) is 0 Å². The van der Waals surface area contributed by atoms with Crippen LogP contribution >= 0.6 is 22.9 Å². The summed E-state index contributed by atoms with van der Waals surface area (Å²) in [4.78, 5) is 32.8. The lowest BCUT2D eigenvalue weighted by Gasteiger charge is -2.32. The number of amides is 2. The molecule has 2 amide bonds. The van der Waals surface area contributed by atoms with Crippen molar-refractivity contribution in [1.29, 1.82) is 0 Å². The fourth-order valence-corrected chi connectivity index (χ4v) is 6.35. The summed E-state index contributed by atoms with van der Waals surface area (Å²) >= 11 is 6.93. The average Bonchev–Trinajstić information content (AvgIpc) is 3.31. The average molecular weight is 473 g/mol. The molecule has 2 aromatic rings. The molecule has 0 spiro atoms. The minimum atomic E-state index is -3.92. The monoisotopic (exact) mass is 472 g/mol. The summed E-state index contributed by atoms with van der Waals surface area (Å²) in [5.74, 6) is -0.544. The molecule has 162 valence electrons. The van der Waals surface area contributed by atoms with Crippen molar-refractivity contribution in [1.82, 2.24) is 19.5 Å². The molecule has 0 saturated carbocycles. The number of nitrogens with one attached hydrogen (secondary N) is 1. The first-order valence-corrected chi connectivity index (χ1v) is 12.2. The lowest BCUT2D eigenvalue weighted by atomic mass is 10.2. The second kappa shape index (κ2) is 8.39. The van der Waals surface area contributed by atoms with Gasteiger partial charge < -0.3 is 14.5 Å². The number of fused-ring (bicyclic) bond motifs is 1. The van der Waals surface area contributed by atoms with Gasteiger partial charge in [0.05, 0.1) is 23.4 Å². The van der Waals surface area contributed by atoms with Gasteiger partial charge in [-0.15, -0.1) is 11.3 Å². The number of aromatic nitrogens is 1. The summed E-state index contributed by atoms with van der Waals surface area (Å²) in [5.41, 5.74) is 0.483. The molecule has 0 aromatic carbocycles. The van der Waals surface area contributed by atoms with E-state index in [0.717, 1.165) is 11.3 Å². The van der Waals surface area contributed by atoms with Crippen molar-refractivity contribution in [3.8, 4) is 0 Å². The first kappa shape index (κ1) is 21.4. The highest BCUT2D eigenvalue weighted by atomic mass is 35.5. The van der Waals surface area contributed by atoms with E-state index in [9.17, 15) is 18.0 Å². The summed E-state index contributed by atoms with van der Waals surface area (Å²) in [6.45, 7) is 3.92. The summed E-state index contributed by atoms with van der Waals surface area (Å²) in [7, 11) is -3.92. The molecule has 2 aromatic heterocycles. The first-order chi connectivity index (χ1) is 14.3. The fourth-order valence-electron chi connectivity index (χ4n) is 3.63. The predicted molar refractivity (Wildman–Crippen MR) is 112 cm³/mol.